The first-order valence-electron chi connectivity index (χ1n) is 4.65. The van der Waals surface area contributed by atoms with E-state index in [1.807, 2.05) is 0 Å². The van der Waals surface area contributed by atoms with Crippen molar-refractivity contribution in [1.82, 2.24) is 5.32 Å². The van der Waals surface area contributed by atoms with Gasteiger partial charge in [-0.05, 0) is 17.7 Å². The van der Waals surface area contributed by atoms with Crippen molar-refractivity contribution in [2.45, 2.75) is 6.61 Å². The summed E-state index contributed by atoms with van der Waals surface area (Å²) in [7, 11) is 1.53. The summed E-state index contributed by atoms with van der Waals surface area (Å²) < 4.78 is 5.09. The quantitative estimate of drug-likeness (QED) is 0.594. The fraction of sp³-hybridized carbons (Fsp3) is 0.300. The molecule has 16 heavy (non-hydrogen) atoms. The number of hydrogen-bond acceptors (Lipinski definition) is 4. The van der Waals surface area contributed by atoms with Crippen molar-refractivity contribution >= 4 is 11.6 Å². The van der Waals surface area contributed by atoms with Gasteiger partial charge in [-0.25, -0.2) is 0 Å². The average Bonchev–Trinajstić information content (AvgIpc) is 2.29. The number of nitrogens with one attached hydrogen (secondary N) is 1. The molecule has 0 aliphatic heterocycles. The van der Waals surface area contributed by atoms with Crippen molar-refractivity contribution in [2.75, 3.05) is 13.7 Å². The third-order valence-corrected chi connectivity index (χ3v) is 1.93. The smallest absolute Gasteiger partial charge is 0.269 e. The Hall–Kier alpha value is -1.95. The number of non-ortho nitro benzene ring substituents is 1. The minimum absolute atomic E-state index is 0.0203. The molecule has 1 aromatic rings. The summed E-state index contributed by atoms with van der Waals surface area (Å²) in [6.45, 7) is 0.235. The van der Waals surface area contributed by atoms with Crippen LogP contribution >= 0.6 is 0 Å². The zero-order valence-electron chi connectivity index (χ0n) is 8.80. The number of amides is 1. The molecule has 0 bridgehead atoms. The van der Waals surface area contributed by atoms with Crippen molar-refractivity contribution in [2.24, 2.45) is 0 Å². The topological polar surface area (TPSA) is 81.5 Å². The Balaban J connectivity index is 2.43. The van der Waals surface area contributed by atoms with Crippen LogP contribution in [0.4, 0.5) is 5.69 Å². The second-order valence-corrected chi connectivity index (χ2v) is 3.09. The summed E-state index contributed by atoms with van der Waals surface area (Å²) in [6.07, 6.45) is 0. The monoisotopic (exact) mass is 224 g/mol. The zero-order valence-corrected chi connectivity index (χ0v) is 8.80. The van der Waals surface area contributed by atoms with Crippen LogP contribution in [0, 0.1) is 10.1 Å². The molecule has 0 heterocycles. The standard InChI is InChI=1S/C10H12N2O4/c1-11-10(13)7-16-6-8-2-4-9(5-3-8)12(14)15/h2-5H,6-7H2,1H3,(H,11,13). The lowest BCUT2D eigenvalue weighted by atomic mass is 10.2. The lowest BCUT2D eigenvalue weighted by Gasteiger charge is -2.03. The van der Waals surface area contributed by atoms with Crippen LogP contribution in [-0.4, -0.2) is 24.5 Å². The Morgan fingerprint density at radius 1 is 1.44 bits per heavy atom. The number of nitro benzene ring substituents is 1. The third kappa shape index (κ3) is 3.66. The molecule has 0 atom stereocenters. The number of ether oxygens (including phenoxy) is 1. The normalized spacial score (nSPS) is 9.81. The van der Waals surface area contributed by atoms with Crippen molar-refractivity contribution in [3.8, 4) is 0 Å². The first-order valence-corrected chi connectivity index (χ1v) is 4.65. The largest absolute Gasteiger partial charge is 0.367 e. The fourth-order valence-corrected chi connectivity index (χ4v) is 1.05. The first kappa shape index (κ1) is 12.1. The predicted octanol–water partition coefficient (Wildman–Crippen LogP) is 0.857. The lowest BCUT2D eigenvalue weighted by molar-refractivity contribution is -0.384. The van der Waals surface area contributed by atoms with Crippen LogP contribution in [0.2, 0.25) is 0 Å². The molecule has 0 saturated carbocycles. The highest BCUT2D eigenvalue weighted by Gasteiger charge is 2.04. The molecule has 0 saturated heterocycles. The SMILES string of the molecule is CNC(=O)COCc1ccc([N+](=O)[O-])cc1. The minimum Gasteiger partial charge on any atom is -0.367 e. The van der Waals surface area contributed by atoms with Gasteiger partial charge in [0.25, 0.3) is 5.69 Å². The third-order valence-electron chi connectivity index (χ3n) is 1.93. The summed E-state index contributed by atoms with van der Waals surface area (Å²) >= 11 is 0. The van der Waals surface area contributed by atoms with Crippen molar-refractivity contribution < 1.29 is 14.5 Å². The molecular formula is C10H12N2O4. The molecule has 0 radical (unpaired) electrons. The van der Waals surface area contributed by atoms with Gasteiger partial charge in [-0.2, -0.15) is 0 Å². The molecule has 6 nitrogen and oxygen atoms in total. The van der Waals surface area contributed by atoms with Gasteiger partial charge in [0.05, 0.1) is 11.5 Å². The fourth-order valence-electron chi connectivity index (χ4n) is 1.05. The van der Waals surface area contributed by atoms with E-state index in [4.69, 9.17) is 4.74 Å². The van der Waals surface area contributed by atoms with Gasteiger partial charge < -0.3 is 10.1 Å². The van der Waals surface area contributed by atoms with E-state index in [0.29, 0.717) is 0 Å². The maximum Gasteiger partial charge on any atom is 0.269 e. The summed E-state index contributed by atoms with van der Waals surface area (Å²) in [5.74, 6) is -0.207. The van der Waals surface area contributed by atoms with Gasteiger partial charge >= 0.3 is 0 Å². The number of likely N-dealkylation sites (N-methyl/N-ethyl adjacent to an activating group) is 1. The Morgan fingerprint density at radius 3 is 2.56 bits per heavy atom. The van der Waals surface area contributed by atoms with E-state index < -0.39 is 4.92 Å². The Labute approximate surface area is 92.4 Å². The van der Waals surface area contributed by atoms with Crippen molar-refractivity contribution in [3.05, 3.63) is 39.9 Å². The molecule has 1 rings (SSSR count). The van der Waals surface area contributed by atoms with Gasteiger partial charge in [0.2, 0.25) is 5.91 Å². The highest BCUT2D eigenvalue weighted by atomic mass is 16.6. The van der Waals surface area contributed by atoms with E-state index in [1.165, 1.54) is 19.2 Å². The molecule has 0 aliphatic rings. The van der Waals surface area contributed by atoms with Gasteiger partial charge in [0, 0.05) is 19.2 Å². The van der Waals surface area contributed by atoms with Gasteiger partial charge in [0.1, 0.15) is 6.61 Å². The van der Waals surface area contributed by atoms with Crippen LogP contribution in [0.15, 0.2) is 24.3 Å². The number of carbonyl (C=O) groups is 1. The number of benzene rings is 1. The number of hydrogen-bond donors (Lipinski definition) is 1. The van der Waals surface area contributed by atoms with E-state index >= 15 is 0 Å². The maximum absolute atomic E-state index is 10.8. The van der Waals surface area contributed by atoms with E-state index in [9.17, 15) is 14.9 Å². The van der Waals surface area contributed by atoms with E-state index in [2.05, 4.69) is 5.32 Å². The highest BCUT2D eigenvalue weighted by molar-refractivity contribution is 5.76. The lowest BCUT2D eigenvalue weighted by Crippen LogP contribution is -2.23. The molecule has 0 unspecified atom stereocenters. The first-order chi connectivity index (χ1) is 7.63. The van der Waals surface area contributed by atoms with E-state index in [0.717, 1.165) is 5.56 Å². The van der Waals surface area contributed by atoms with Crippen molar-refractivity contribution in [1.29, 1.82) is 0 Å². The highest BCUT2D eigenvalue weighted by Crippen LogP contribution is 2.12. The Morgan fingerprint density at radius 2 is 2.06 bits per heavy atom. The van der Waals surface area contributed by atoms with Crippen LogP contribution in [0.5, 0.6) is 0 Å². The molecule has 1 aromatic carbocycles. The minimum atomic E-state index is -0.463. The molecule has 0 aliphatic carbocycles. The average molecular weight is 224 g/mol. The Kier molecular flexibility index (Phi) is 4.41. The number of nitro groups is 1. The van der Waals surface area contributed by atoms with Crippen LogP contribution in [-0.2, 0) is 16.1 Å². The van der Waals surface area contributed by atoms with Gasteiger partial charge in [-0.15, -0.1) is 0 Å². The van der Waals surface area contributed by atoms with Crippen LogP contribution in [0.1, 0.15) is 5.56 Å². The van der Waals surface area contributed by atoms with Crippen LogP contribution in [0.3, 0.4) is 0 Å². The van der Waals surface area contributed by atoms with Gasteiger partial charge in [0.15, 0.2) is 0 Å². The molecular weight excluding hydrogens is 212 g/mol. The summed E-state index contributed by atoms with van der Waals surface area (Å²) in [4.78, 5) is 20.7. The summed E-state index contributed by atoms with van der Waals surface area (Å²) in [6, 6.07) is 6.00. The second kappa shape index (κ2) is 5.82. The Bertz CT molecular complexity index is 375. The number of nitrogens with zero attached hydrogens (tertiary/aromatic N) is 1. The molecule has 86 valence electrons. The molecule has 1 N–H and O–H groups in total. The van der Waals surface area contributed by atoms with Crippen LogP contribution < -0.4 is 5.32 Å². The molecule has 0 spiro atoms. The number of rotatable bonds is 5. The maximum atomic E-state index is 10.8. The van der Waals surface area contributed by atoms with Crippen molar-refractivity contribution in [3.63, 3.8) is 0 Å². The van der Waals surface area contributed by atoms with Gasteiger partial charge in [-0.1, -0.05) is 0 Å². The second-order valence-electron chi connectivity index (χ2n) is 3.09. The zero-order chi connectivity index (χ0) is 12.0. The van der Waals surface area contributed by atoms with Crippen LogP contribution in [0.25, 0.3) is 0 Å². The number of carbonyl (C=O) groups excluding carboxylic acids is 1. The van der Waals surface area contributed by atoms with E-state index in [-0.39, 0.29) is 24.8 Å². The summed E-state index contributed by atoms with van der Waals surface area (Å²) in [5, 5.41) is 12.8. The predicted molar refractivity (Wildman–Crippen MR) is 56.8 cm³/mol. The van der Waals surface area contributed by atoms with Gasteiger partial charge in [-0.3, -0.25) is 14.9 Å². The molecule has 0 fully saturated rings. The molecule has 1 amide bonds. The summed E-state index contributed by atoms with van der Waals surface area (Å²) in [5.41, 5.74) is 0.824. The molecule has 0 aromatic heterocycles. The molecule has 6 heteroatoms. The van der Waals surface area contributed by atoms with E-state index in [1.54, 1.807) is 12.1 Å².